The summed E-state index contributed by atoms with van der Waals surface area (Å²) >= 11 is 0. The van der Waals surface area contributed by atoms with Crippen LogP contribution in [-0.2, 0) is 9.47 Å². The summed E-state index contributed by atoms with van der Waals surface area (Å²) in [5.74, 6) is -0.171. The lowest BCUT2D eigenvalue weighted by Crippen LogP contribution is -2.40. The Bertz CT molecular complexity index is 391. The standard InChI is InChI=1S/C14H20FNO2/c1-3-16-14(13-9-17-6-7-18-13)11-4-5-12(15)10(2)8-11/h4-5,8,13-14,16H,3,6-7,9H2,1-2H3. The van der Waals surface area contributed by atoms with Gasteiger partial charge in [0.05, 0.1) is 25.9 Å². The molecule has 1 heterocycles. The normalized spacial score (nSPS) is 21.8. The van der Waals surface area contributed by atoms with E-state index in [1.165, 1.54) is 6.07 Å². The molecule has 1 fully saturated rings. The largest absolute Gasteiger partial charge is 0.376 e. The molecule has 2 unspecified atom stereocenters. The highest BCUT2D eigenvalue weighted by Gasteiger charge is 2.26. The summed E-state index contributed by atoms with van der Waals surface area (Å²) in [5, 5.41) is 3.39. The van der Waals surface area contributed by atoms with Gasteiger partial charge in [-0.2, -0.15) is 0 Å². The predicted molar refractivity (Wildman–Crippen MR) is 68.1 cm³/mol. The van der Waals surface area contributed by atoms with Gasteiger partial charge >= 0.3 is 0 Å². The van der Waals surface area contributed by atoms with Gasteiger partial charge in [0.2, 0.25) is 0 Å². The molecule has 0 aromatic heterocycles. The number of hydrogen-bond acceptors (Lipinski definition) is 3. The van der Waals surface area contributed by atoms with E-state index in [2.05, 4.69) is 5.32 Å². The van der Waals surface area contributed by atoms with Crippen LogP contribution in [0.25, 0.3) is 0 Å². The van der Waals surface area contributed by atoms with Gasteiger partial charge in [0.25, 0.3) is 0 Å². The number of nitrogens with one attached hydrogen (secondary N) is 1. The molecular formula is C14H20FNO2. The van der Waals surface area contributed by atoms with E-state index in [9.17, 15) is 4.39 Å². The summed E-state index contributed by atoms with van der Waals surface area (Å²) in [7, 11) is 0. The third-order valence-corrected chi connectivity index (χ3v) is 3.18. The molecule has 1 aromatic carbocycles. The molecule has 0 saturated carbocycles. The minimum absolute atomic E-state index is 0.0106. The number of halogens is 1. The van der Waals surface area contributed by atoms with Gasteiger partial charge in [0, 0.05) is 0 Å². The number of benzene rings is 1. The smallest absolute Gasteiger partial charge is 0.126 e. The highest BCUT2D eigenvalue weighted by Crippen LogP contribution is 2.23. The lowest BCUT2D eigenvalue weighted by atomic mass is 9.99. The van der Waals surface area contributed by atoms with Gasteiger partial charge in [-0.3, -0.25) is 0 Å². The van der Waals surface area contributed by atoms with E-state index in [4.69, 9.17) is 9.47 Å². The molecule has 2 atom stereocenters. The zero-order chi connectivity index (χ0) is 13.0. The predicted octanol–water partition coefficient (Wildman–Crippen LogP) is 2.20. The second-order valence-corrected chi connectivity index (χ2v) is 4.53. The molecule has 0 amide bonds. The van der Waals surface area contributed by atoms with Crippen LogP contribution >= 0.6 is 0 Å². The molecule has 100 valence electrons. The van der Waals surface area contributed by atoms with Crippen LogP contribution in [0.1, 0.15) is 24.1 Å². The fraction of sp³-hybridized carbons (Fsp3) is 0.571. The fourth-order valence-corrected chi connectivity index (χ4v) is 2.24. The second-order valence-electron chi connectivity index (χ2n) is 4.53. The minimum Gasteiger partial charge on any atom is -0.376 e. The summed E-state index contributed by atoms with van der Waals surface area (Å²) in [5.41, 5.74) is 1.71. The average Bonchev–Trinajstić information content (AvgIpc) is 2.40. The monoisotopic (exact) mass is 253 g/mol. The molecule has 0 spiro atoms. The summed E-state index contributed by atoms with van der Waals surface area (Å²) in [6.45, 7) is 6.51. The SMILES string of the molecule is CCNC(c1ccc(F)c(C)c1)C1COCCO1. The first-order chi connectivity index (χ1) is 8.72. The van der Waals surface area contributed by atoms with Gasteiger partial charge in [-0.05, 0) is 30.7 Å². The van der Waals surface area contributed by atoms with E-state index in [1.807, 2.05) is 19.1 Å². The third-order valence-electron chi connectivity index (χ3n) is 3.18. The van der Waals surface area contributed by atoms with Crippen LogP contribution in [0.4, 0.5) is 4.39 Å². The van der Waals surface area contributed by atoms with Crippen molar-refractivity contribution in [1.29, 1.82) is 0 Å². The van der Waals surface area contributed by atoms with Gasteiger partial charge in [0.15, 0.2) is 0 Å². The number of ether oxygens (including phenoxy) is 2. The van der Waals surface area contributed by atoms with Crippen LogP contribution in [0, 0.1) is 12.7 Å². The molecule has 0 bridgehead atoms. The Morgan fingerprint density at radius 1 is 1.44 bits per heavy atom. The van der Waals surface area contributed by atoms with E-state index >= 15 is 0 Å². The first kappa shape index (κ1) is 13.5. The number of aryl methyl sites for hydroxylation is 1. The molecule has 1 aromatic rings. The van der Waals surface area contributed by atoms with Gasteiger partial charge in [-0.25, -0.2) is 4.39 Å². The summed E-state index contributed by atoms with van der Waals surface area (Å²) < 4.78 is 24.5. The minimum atomic E-state index is -0.171. The van der Waals surface area contributed by atoms with Crippen molar-refractivity contribution < 1.29 is 13.9 Å². The van der Waals surface area contributed by atoms with Crippen molar-refractivity contribution in [3.8, 4) is 0 Å². The van der Waals surface area contributed by atoms with Crippen LogP contribution in [0.5, 0.6) is 0 Å². The first-order valence-electron chi connectivity index (χ1n) is 6.41. The maximum atomic E-state index is 13.3. The molecule has 0 radical (unpaired) electrons. The summed E-state index contributed by atoms with van der Waals surface area (Å²) in [4.78, 5) is 0. The van der Waals surface area contributed by atoms with Crippen LogP contribution in [0.15, 0.2) is 18.2 Å². The van der Waals surface area contributed by atoms with Crippen molar-refractivity contribution in [2.45, 2.75) is 26.0 Å². The molecule has 4 heteroatoms. The zero-order valence-corrected chi connectivity index (χ0v) is 10.9. The lowest BCUT2D eigenvalue weighted by Gasteiger charge is -2.31. The topological polar surface area (TPSA) is 30.5 Å². The summed E-state index contributed by atoms with van der Waals surface area (Å²) in [6, 6.07) is 5.25. The second kappa shape index (κ2) is 6.27. The van der Waals surface area contributed by atoms with E-state index in [-0.39, 0.29) is 18.0 Å². The highest BCUT2D eigenvalue weighted by atomic mass is 19.1. The van der Waals surface area contributed by atoms with Crippen LogP contribution in [0.3, 0.4) is 0 Å². The molecule has 2 rings (SSSR count). The van der Waals surface area contributed by atoms with E-state index in [1.54, 1.807) is 6.92 Å². The van der Waals surface area contributed by atoms with Crippen molar-refractivity contribution in [1.82, 2.24) is 5.32 Å². The van der Waals surface area contributed by atoms with Crippen molar-refractivity contribution in [3.63, 3.8) is 0 Å². The maximum absolute atomic E-state index is 13.3. The van der Waals surface area contributed by atoms with Gasteiger partial charge in [-0.15, -0.1) is 0 Å². The lowest BCUT2D eigenvalue weighted by molar-refractivity contribution is -0.102. The molecular weight excluding hydrogens is 233 g/mol. The molecule has 18 heavy (non-hydrogen) atoms. The Balaban J connectivity index is 2.19. The molecule has 1 saturated heterocycles. The number of hydrogen-bond donors (Lipinski definition) is 1. The molecule has 1 N–H and O–H groups in total. The number of likely N-dealkylation sites (N-methyl/N-ethyl adjacent to an activating group) is 1. The quantitative estimate of drug-likeness (QED) is 0.892. The van der Waals surface area contributed by atoms with Crippen molar-refractivity contribution >= 4 is 0 Å². The molecule has 3 nitrogen and oxygen atoms in total. The van der Waals surface area contributed by atoms with Crippen LogP contribution in [0.2, 0.25) is 0 Å². The van der Waals surface area contributed by atoms with Crippen LogP contribution < -0.4 is 5.32 Å². The Morgan fingerprint density at radius 2 is 2.28 bits per heavy atom. The molecule has 1 aliphatic rings. The zero-order valence-electron chi connectivity index (χ0n) is 10.9. The molecule has 1 aliphatic heterocycles. The van der Waals surface area contributed by atoms with E-state index < -0.39 is 0 Å². The van der Waals surface area contributed by atoms with Gasteiger partial charge < -0.3 is 14.8 Å². The Kier molecular flexibility index (Phi) is 4.69. The maximum Gasteiger partial charge on any atom is 0.126 e. The third kappa shape index (κ3) is 3.07. The van der Waals surface area contributed by atoms with E-state index in [0.717, 1.165) is 12.1 Å². The van der Waals surface area contributed by atoms with Crippen molar-refractivity contribution in [2.24, 2.45) is 0 Å². The van der Waals surface area contributed by atoms with Crippen LogP contribution in [-0.4, -0.2) is 32.5 Å². The van der Waals surface area contributed by atoms with E-state index in [0.29, 0.717) is 25.4 Å². The number of rotatable bonds is 4. The summed E-state index contributed by atoms with van der Waals surface area (Å²) in [6.07, 6.45) is -0.0106. The van der Waals surface area contributed by atoms with Crippen molar-refractivity contribution in [2.75, 3.05) is 26.4 Å². The first-order valence-corrected chi connectivity index (χ1v) is 6.41. The average molecular weight is 253 g/mol. The van der Waals surface area contributed by atoms with Crippen molar-refractivity contribution in [3.05, 3.63) is 35.1 Å². The fourth-order valence-electron chi connectivity index (χ4n) is 2.24. The Labute approximate surface area is 107 Å². The van der Waals surface area contributed by atoms with Gasteiger partial charge in [-0.1, -0.05) is 19.1 Å². The Morgan fingerprint density at radius 3 is 2.89 bits per heavy atom. The molecule has 0 aliphatic carbocycles. The van der Waals surface area contributed by atoms with Gasteiger partial charge in [0.1, 0.15) is 11.9 Å². The Hall–Kier alpha value is -0.970. The highest BCUT2D eigenvalue weighted by molar-refractivity contribution is 5.27.